The fourth-order valence-electron chi connectivity index (χ4n) is 1.32. The van der Waals surface area contributed by atoms with Crippen LogP contribution in [0.25, 0.3) is 0 Å². The van der Waals surface area contributed by atoms with E-state index in [-0.39, 0.29) is 12.5 Å². The van der Waals surface area contributed by atoms with E-state index in [1.54, 1.807) is 4.90 Å². The van der Waals surface area contributed by atoms with Crippen LogP contribution in [0, 0.1) is 0 Å². The van der Waals surface area contributed by atoms with Gasteiger partial charge < -0.3 is 10.2 Å². The van der Waals surface area contributed by atoms with Crippen molar-refractivity contribution in [3.05, 3.63) is 16.0 Å². The number of nitrogens with zero attached hydrogens (tertiary/aromatic N) is 3. The lowest BCUT2D eigenvalue weighted by molar-refractivity contribution is -0.128. The van der Waals surface area contributed by atoms with E-state index >= 15 is 0 Å². The van der Waals surface area contributed by atoms with Gasteiger partial charge in [-0.05, 0) is 29.8 Å². The van der Waals surface area contributed by atoms with Gasteiger partial charge in [0.2, 0.25) is 5.91 Å². The smallest absolute Gasteiger partial charge is 0.241 e. The number of amides is 1. The predicted octanol–water partition coefficient (Wildman–Crippen LogP) is 2.17. The highest BCUT2D eigenvalue weighted by Crippen LogP contribution is 2.25. The van der Waals surface area contributed by atoms with Gasteiger partial charge in [0, 0.05) is 13.1 Å². The van der Waals surface area contributed by atoms with Gasteiger partial charge in [0.15, 0.2) is 0 Å². The fourth-order valence-corrected chi connectivity index (χ4v) is 1.80. The van der Waals surface area contributed by atoms with E-state index in [0.29, 0.717) is 28.5 Å². The van der Waals surface area contributed by atoms with Crippen LogP contribution in [0.15, 0.2) is 10.8 Å². The van der Waals surface area contributed by atoms with Crippen LogP contribution in [0.3, 0.4) is 0 Å². The van der Waals surface area contributed by atoms with E-state index in [0.717, 1.165) is 0 Å². The Kier molecular flexibility index (Phi) is 5.64. The number of hydrogen-bond donors (Lipinski definition) is 1. The lowest BCUT2D eigenvalue weighted by atomic mass is 10.4. The van der Waals surface area contributed by atoms with Gasteiger partial charge in [-0.25, -0.2) is 9.97 Å². The molecule has 1 aromatic rings. The average Bonchev–Trinajstić information content (AvgIpc) is 2.32. The Bertz CT molecular complexity index is 398. The molecule has 0 aliphatic carbocycles. The Morgan fingerprint density at radius 3 is 2.71 bits per heavy atom. The van der Waals surface area contributed by atoms with Crippen molar-refractivity contribution in [3.63, 3.8) is 0 Å². The van der Waals surface area contributed by atoms with Gasteiger partial charge in [-0.2, -0.15) is 0 Å². The molecule has 0 bridgehead atoms. The third-order valence-corrected chi connectivity index (χ3v) is 3.54. The molecule has 0 saturated carbocycles. The summed E-state index contributed by atoms with van der Waals surface area (Å²) < 4.78 is 0.564. The molecule has 1 aromatic heterocycles. The third-order valence-electron chi connectivity index (χ3n) is 2.27. The Balaban J connectivity index is 2.61. The van der Waals surface area contributed by atoms with E-state index in [2.05, 4.69) is 31.2 Å². The second-order valence-electron chi connectivity index (χ2n) is 3.25. The molecule has 0 spiro atoms. The number of halogens is 2. The molecule has 1 rings (SSSR count). The van der Waals surface area contributed by atoms with Gasteiger partial charge in [-0.3, -0.25) is 4.79 Å². The normalized spacial score (nSPS) is 10.1. The maximum Gasteiger partial charge on any atom is 0.241 e. The lowest BCUT2D eigenvalue weighted by Crippen LogP contribution is -2.35. The number of hydrogen-bond acceptors (Lipinski definition) is 4. The molecule has 0 fully saturated rings. The summed E-state index contributed by atoms with van der Waals surface area (Å²) in [5.41, 5.74) is 0. The highest BCUT2D eigenvalue weighted by atomic mass is 79.9. The number of likely N-dealkylation sites (N-methyl/N-ethyl adjacent to an activating group) is 1. The maximum absolute atomic E-state index is 11.7. The van der Waals surface area contributed by atoms with E-state index in [1.807, 2.05) is 13.8 Å². The van der Waals surface area contributed by atoms with Gasteiger partial charge in [0.25, 0.3) is 0 Å². The molecule has 1 N–H and O–H groups in total. The van der Waals surface area contributed by atoms with Crippen molar-refractivity contribution in [2.45, 2.75) is 13.8 Å². The highest BCUT2D eigenvalue weighted by Gasteiger charge is 2.11. The molecule has 0 aliphatic heterocycles. The molecule has 5 nitrogen and oxygen atoms in total. The SMILES string of the molecule is CCN(CC)C(=O)CNc1ncnc(Cl)c1Br. The number of anilines is 1. The summed E-state index contributed by atoms with van der Waals surface area (Å²) in [7, 11) is 0. The summed E-state index contributed by atoms with van der Waals surface area (Å²) in [5, 5.41) is 3.25. The van der Waals surface area contributed by atoms with Crippen LogP contribution in [-0.2, 0) is 4.79 Å². The Morgan fingerprint density at radius 2 is 2.12 bits per heavy atom. The zero-order valence-electron chi connectivity index (χ0n) is 9.70. The standard InChI is InChI=1S/C10H14BrClN4O/c1-3-16(4-2)7(17)5-13-10-8(11)9(12)14-6-15-10/h6H,3-5H2,1-2H3,(H,13,14,15). The second kappa shape index (κ2) is 6.76. The number of carbonyl (C=O) groups is 1. The first-order valence-corrected chi connectivity index (χ1v) is 6.44. The van der Waals surface area contributed by atoms with Crippen LogP contribution < -0.4 is 5.32 Å². The summed E-state index contributed by atoms with van der Waals surface area (Å²) in [4.78, 5) is 21.3. The minimum atomic E-state index is 0.0247. The van der Waals surface area contributed by atoms with Crippen molar-refractivity contribution < 1.29 is 4.79 Å². The van der Waals surface area contributed by atoms with Gasteiger partial charge in [-0.1, -0.05) is 11.6 Å². The van der Waals surface area contributed by atoms with Gasteiger partial charge in [0.05, 0.1) is 11.0 Å². The largest absolute Gasteiger partial charge is 0.360 e. The van der Waals surface area contributed by atoms with Gasteiger partial charge in [0.1, 0.15) is 17.3 Å². The summed E-state index contributed by atoms with van der Waals surface area (Å²) in [6.07, 6.45) is 1.34. The van der Waals surface area contributed by atoms with Crippen molar-refractivity contribution in [3.8, 4) is 0 Å². The van der Waals surface area contributed by atoms with E-state index in [1.165, 1.54) is 6.33 Å². The Labute approximate surface area is 114 Å². The number of rotatable bonds is 5. The fraction of sp³-hybridized carbons (Fsp3) is 0.500. The minimum absolute atomic E-state index is 0.0247. The molecule has 0 aromatic carbocycles. The van der Waals surface area contributed by atoms with Crippen LogP contribution in [0.2, 0.25) is 5.15 Å². The van der Waals surface area contributed by atoms with E-state index in [4.69, 9.17) is 11.6 Å². The van der Waals surface area contributed by atoms with Crippen LogP contribution in [0.4, 0.5) is 5.82 Å². The van der Waals surface area contributed by atoms with Crippen LogP contribution in [-0.4, -0.2) is 40.4 Å². The highest BCUT2D eigenvalue weighted by molar-refractivity contribution is 9.10. The summed E-state index contributed by atoms with van der Waals surface area (Å²) in [6, 6.07) is 0. The van der Waals surface area contributed by atoms with Crippen molar-refractivity contribution >= 4 is 39.3 Å². The second-order valence-corrected chi connectivity index (χ2v) is 4.40. The maximum atomic E-state index is 11.7. The molecule has 1 heterocycles. The molecule has 7 heteroatoms. The molecule has 0 radical (unpaired) electrons. The molecule has 1 amide bonds. The van der Waals surface area contributed by atoms with Crippen LogP contribution in [0.5, 0.6) is 0 Å². The average molecular weight is 322 g/mol. The van der Waals surface area contributed by atoms with Crippen molar-refractivity contribution in [2.24, 2.45) is 0 Å². The molecule has 0 saturated heterocycles. The van der Waals surface area contributed by atoms with E-state index in [9.17, 15) is 4.79 Å². The molecule has 0 atom stereocenters. The van der Waals surface area contributed by atoms with E-state index < -0.39 is 0 Å². The zero-order valence-corrected chi connectivity index (χ0v) is 12.0. The lowest BCUT2D eigenvalue weighted by Gasteiger charge is -2.19. The van der Waals surface area contributed by atoms with Crippen molar-refractivity contribution in [2.75, 3.05) is 25.0 Å². The van der Waals surface area contributed by atoms with Crippen molar-refractivity contribution in [1.29, 1.82) is 0 Å². The van der Waals surface area contributed by atoms with Crippen LogP contribution in [0.1, 0.15) is 13.8 Å². The third kappa shape index (κ3) is 3.81. The predicted molar refractivity (Wildman–Crippen MR) is 71.2 cm³/mol. The number of aromatic nitrogens is 2. The monoisotopic (exact) mass is 320 g/mol. The molecular weight excluding hydrogens is 307 g/mol. The first-order valence-electron chi connectivity index (χ1n) is 5.27. The Hall–Kier alpha value is -0.880. The summed E-state index contributed by atoms with van der Waals surface area (Å²) in [5.74, 6) is 0.544. The molecule has 0 aliphatic rings. The quantitative estimate of drug-likeness (QED) is 0.845. The Morgan fingerprint density at radius 1 is 1.47 bits per heavy atom. The van der Waals surface area contributed by atoms with Gasteiger partial charge in [-0.15, -0.1) is 0 Å². The summed E-state index contributed by atoms with van der Waals surface area (Å²) >= 11 is 9.07. The number of carbonyl (C=O) groups excluding carboxylic acids is 1. The van der Waals surface area contributed by atoms with Crippen molar-refractivity contribution in [1.82, 2.24) is 14.9 Å². The van der Waals surface area contributed by atoms with Gasteiger partial charge >= 0.3 is 0 Å². The number of nitrogens with one attached hydrogen (secondary N) is 1. The topological polar surface area (TPSA) is 58.1 Å². The first-order chi connectivity index (χ1) is 8.10. The summed E-state index contributed by atoms with van der Waals surface area (Å²) in [6.45, 7) is 5.47. The zero-order chi connectivity index (χ0) is 12.8. The van der Waals surface area contributed by atoms with Crippen LogP contribution >= 0.6 is 27.5 Å². The first kappa shape index (κ1) is 14.2. The molecule has 0 unspecified atom stereocenters. The molecule has 94 valence electrons. The molecular formula is C10H14BrClN4O. The minimum Gasteiger partial charge on any atom is -0.360 e. The molecule has 17 heavy (non-hydrogen) atoms.